The van der Waals surface area contributed by atoms with Crippen LogP contribution in [0, 0.1) is 0 Å². The van der Waals surface area contributed by atoms with Gasteiger partial charge in [-0.25, -0.2) is 0 Å². The summed E-state index contributed by atoms with van der Waals surface area (Å²) in [5.74, 6) is 0.317. The first-order valence-corrected chi connectivity index (χ1v) is 5.58. The number of ketones is 1. The molecule has 1 aromatic rings. The molecule has 0 spiro atoms. The van der Waals surface area contributed by atoms with E-state index in [1.807, 2.05) is 5.38 Å². The third-order valence-electron chi connectivity index (χ3n) is 2.46. The number of Topliss-reactive ketones (excluding diaryl/α,β-unsaturated/α-hetero) is 1. The van der Waals surface area contributed by atoms with Gasteiger partial charge < -0.3 is 0 Å². The van der Waals surface area contributed by atoms with Crippen LogP contribution in [0.4, 0.5) is 0 Å². The summed E-state index contributed by atoms with van der Waals surface area (Å²) in [6.45, 7) is 1.70. The standard InChI is InChI=1S/C9H9BrOS/c1-6(11)9(2-3-9)8-4-7(10)5-12-8/h4-5H,2-3H2,1H3. The van der Waals surface area contributed by atoms with E-state index in [9.17, 15) is 4.79 Å². The minimum atomic E-state index is -0.0866. The van der Waals surface area contributed by atoms with Gasteiger partial charge in [-0.05, 0) is 41.8 Å². The summed E-state index contributed by atoms with van der Waals surface area (Å²) in [6, 6.07) is 2.07. The third kappa shape index (κ3) is 1.15. The summed E-state index contributed by atoms with van der Waals surface area (Å²) < 4.78 is 1.09. The van der Waals surface area contributed by atoms with Gasteiger partial charge in [-0.1, -0.05) is 0 Å². The van der Waals surface area contributed by atoms with Crippen molar-refractivity contribution < 1.29 is 4.79 Å². The molecule has 1 aliphatic rings. The largest absolute Gasteiger partial charge is 0.299 e. The Hall–Kier alpha value is -0.150. The summed E-state index contributed by atoms with van der Waals surface area (Å²) in [7, 11) is 0. The van der Waals surface area contributed by atoms with Crippen molar-refractivity contribution in [2.24, 2.45) is 0 Å². The normalized spacial score (nSPS) is 19.2. The van der Waals surface area contributed by atoms with Gasteiger partial charge in [0.15, 0.2) is 0 Å². The van der Waals surface area contributed by atoms with Gasteiger partial charge in [-0.15, -0.1) is 11.3 Å². The van der Waals surface area contributed by atoms with Gasteiger partial charge in [-0.3, -0.25) is 4.79 Å². The van der Waals surface area contributed by atoms with Crippen molar-refractivity contribution in [3.8, 4) is 0 Å². The minimum Gasteiger partial charge on any atom is -0.299 e. The zero-order chi connectivity index (χ0) is 8.77. The molecule has 0 aromatic carbocycles. The predicted octanol–water partition coefficient (Wildman–Crippen LogP) is 3.13. The van der Waals surface area contributed by atoms with Gasteiger partial charge >= 0.3 is 0 Å². The quantitative estimate of drug-likeness (QED) is 0.782. The second kappa shape index (κ2) is 2.67. The molecule has 1 fully saturated rings. The summed E-state index contributed by atoms with van der Waals surface area (Å²) >= 11 is 5.08. The van der Waals surface area contributed by atoms with Crippen LogP contribution in [-0.4, -0.2) is 5.78 Å². The van der Waals surface area contributed by atoms with Crippen molar-refractivity contribution in [3.05, 3.63) is 20.8 Å². The van der Waals surface area contributed by atoms with Crippen molar-refractivity contribution >= 4 is 33.0 Å². The Morgan fingerprint density at radius 3 is 2.67 bits per heavy atom. The van der Waals surface area contributed by atoms with Gasteiger partial charge in [0.1, 0.15) is 5.78 Å². The first kappa shape index (κ1) is 8.45. The lowest BCUT2D eigenvalue weighted by Crippen LogP contribution is -2.14. The zero-order valence-electron chi connectivity index (χ0n) is 6.76. The maximum Gasteiger partial charge on any atom is 0.141 e. The van der Waals surface area contributed by atoms with Gasteiger partial charge in [0.05, 0.1) is 5.41 Å². The van der Waals surface area contributed by atoms with Gasteiger partial charge in [0.2, 0.25) is 0 Å². The second-order valence-corrected chi connectivity index (χ2v) is 5.09. The monoisotopic (exact) mass is 244 g/mol. The van der Waals surface area contributed by atoms with Crippen molar-refractivity contribution in [1.29, 1.82) is 0 Å². The average Bonchev–Trinajstić information content (AvgIpc) is 2.71. The molecular weight excluding hydrogens is 236 g/mol. The fourth-order valence-corrected chi connectivity index (χ4v) is 3.20. The van der Waals surface area contributed by atoms with E-state index >= 15 is 0 Å². The van der Waals surface area contributed by atoms with E-state index in [4.69, 9.17) is 0 Å². The fourth-order valence-electron chi connectivity index (χ4n) is 1.46. The Kier molecular flexibility index (Phi) is 1.88. The van der Waals surface area contributed by atoms with Gasteiger partial charge in [-0.2, -0.15) is 0 Å². The van der Waals surface area contributed by atoms with Crippen LogP contribution in [0.2, 0.25) is 0 Å². The lowest BCUT2D eigenvalue weighted by molar-refractivity contribution is -0.119. The molecule has 1 heterocycles. The molecule has 0 bridgehead atoms. The van der Waals surface area contributed by atoms with Crippen LogP contribution in [0.3, 0.4) is 0 Å². The highest BCUT2D eigenvalue weighted by molar-refractivity contribution is 9.10. The highest BCUT2D eigenvalue weighted by Gasteiger charge is 2.49. The molecule has 0 amide bonds. The Labute approximate surface area is 83.9 Å². The van der Waals surface area contributed by atoms with Crippen LogP contribution in [0.25, 0.3) is 0 Å². The number of carbonyl (C=O) groups is 1. The van der Waals surface area contributed by atoms with E-state index in [1.165, 1.54) is 4.88 Å². The van der Waals surface area contributed by atoms with Gasteiger partial charge in [0.25, 0.3) is 0 Å². The Bertz CT molecular complexity index is 325. The van der Waals surface area contributed by atoms with E-state index in [2.05, 4.69) is 22.0 Å². The van der Waals surface area contributed by atoms with E-state index in [0.29, 0.717) is 5.78 Å². The maximum atomic E-state index is 11.3. The number of thiophene rings is 1. The van der Waals surface area contributed by atoms with E-state index in [1.54, 1.807) is 18.3 Å². The molecular formula is C9H9BrOS. The van der Waals surface area contributed by atoms with Crippen LogP contribution in [0.15, 0.2) is 15.9 Å². The van der Waals surface area contributed by atoms with Crippen LogP contribution in [0.1, 0.15) is 24.6 Å². The Balaban J connectivity index is 2.36. The number of hydrogen-bond donors (Lipinski definition) is 0. The molecule has 0 unspecified atom stereocenters. The molecule has 0 N–H and O–H groups in total. The van der Waals surface area contributed by atoms with Crippen LogP contribution >= 0.6 is 27.3 Å². The molecule has 3 heteroatoms. The molecule has 0 radical (unpaired) electrons. The average molecular weight is 245 g/mol. The lowest BCUT2D eigenvalue weighted by atomic mass is 10.0. The van der Waals surface area contributed by atoms with E-state index in [-0.39, 0.29) is 5.41 Å². The molecule has 0 atom stereocenters. The van der Waals surface area contributed by atoms with Crippen LogP contribution in [0.5, 0.6) is 0 Å². The molecule has 1 nitrogen and oxygen atoms in total. The molecule has 0 aliphatic heterocycles. The number of carbonyl (C=O) groups excluding carboxylic acids is 1. The van der Waals surface area contributed by atoms with E-state index in [0.717, 1.165) is 17.3 Å². The summed E-state index contributed by atoms with van der Waals surface area (Å²) in [5.41, 5.74) is -0.0866. The Morgan fingerprint density at radius 2 is 2.33 bits per heavy atom. The number of hydrogen-bond acceptors (Lipinski definition) is 2. The van der Waals surface area contributed by atoms with Crippen molar-refractivity contribution in [2.45, 2.75) is 25.2 Å². The van der Waals surface area contributed by atoms with E-state index < -0.39 is 0 Å². The molecule has 64 valence electrons. The second-order valence-electron chi connectivity index (χ2n) is 3.27. The van der Waals surface area contributed by atoms with Crippen molar-refractivity contribution in [1.82, 2.24) is 0 Å². The Morgan fingerprint density at radius 1 is 1.67 bits per heavy atom. The van der Waals surface area contributed by atoms with Gasteiger partial charge in [0, 0.05) is 14.7 Å². The molecule has 1 aliphatic carbocycles. The number of halogens is 1. The minimum absolute atomic E-state index is 0.0866. The molecule has 0 saturated heterocycles. The number of rotatable bonds is 2. The summed E-state index contributed by atoms with van der Waals surface area (Å²) in [4.78, 5) is 12.6. The summed E-state index contributed by atoms with van der Waals surface area (Å²) in [6.07, 6.45) is 2.07. The van der Waals surface area contributed by atoms with Crippen LogP contribution < -0.4 is 0 Å². The highest BCUT2D eigenvalue weighted by atomic mass is 79.9. The lowest BCUT2D eigenvalue weighted by Gasteiger charge is -2.06. The zero-order valence-corrected chi connectivity index (χ0v) is 9.17. The fraction of sp³-hybridized carbons (Fsp3) is 0.444. The smallest absolute Gasteiger partial charge is 0.141 e. The maximum absolute atomic E-state index is 11.3. The first-order chi connectivity index (χ1) is 5.65. The van der Waals surface area contributed by atoms with Crippen molar-refractivity contribution in [3.63, 3.8) is 0 Å². The molecule has 12 heavy (non-hydrogen) atoms. The SMILES string of the molecule is CC(=O)C1(c2cc(Br)cs2)CC1. The highest BCUT2D eigenvalue weighted by Crippen LogP contribution is 2.51. The molecule has 1 saturated carbocycles. The topological polar surface area (TPSA) is 17.1 Å². The van der Waals surface area contributed by atoms with Crippen LogP contribution in [-0.2, 0) is 10.2 Å². The first-order valence-electron chi connectivity index (χ1n) is 3.91. The summed E-state index contributed by atoms with van der Waals surface area (Å²) in [5, 5.41) is 2.04. The molecule has 1 aromatic heterocycles. The third-order valence-corrected chi connectivity index (χ3v) is 4.36. The van der Waals surface area contributed by atoms with Crippen molar-refractivity contribution in [2.75, 3.05) is 0 Å². The predicted molar refractivity (Wildman–Crippen MR) is 53.6 cm³/mol. The molecule has 2 rings (SSSR count).